The minimum Gasteiger partial charge on any atom is -0.444 e. The molecular formula is C18H32N4O4S. The number of rotatable bonds is 9. The van der Waals surface area contributed by atoms with Gasteiger partial charge in [-0.2, -0.15) is 0 Å². The maximum absolute atomic E-state index is 12.1. The maximum Gasteiger partial charge on any atom is 0.408 e. The van der Waals surface area contributed by atoms with Crippen molar-refractivity contribution in [2.75, 3.05) is 18.8 Å². The van der Waals surface area contributed by atoms with Crippen molar-refractivity contribution in [3.8, 4) is 0 Å². The molecule has 0 fully saturated rings. The fraction of sp³-hybridized carbons (Fsp3) is 0.778. The van der Waals surface area contributed by atoms with Crippen LogP contribution in [0.15, 0.2) is 9.64 Å². The van der Waals surface area contributed by atoms with E-state index in [1.165, 1.54) is 11.8 Å². The van der Waals surface area contributed by atoms with Gasteiger partial charge in [0.05, 0.1) is 5.75 Å². The Hall–Kier alpha value is -1.77. The van der Waals surface area contributed by atoms with Crippen molar-refractivity contribution in [1.29, 1.82) is 0 Å². The average molecular weight is 401 g/mol. The summed E-state index contributed by atoms with van der Waals surface area (Å²) in [4.78, 5) is 25.9. The van der Waals surface area contributed by atoms with Gasteiger partial charge in [-0.25, -0.2) is 4.79 Å². The van der Waals surface area contributed by atoms with Gasteiger partial charge < -0.3 is 19.4 Å². The Bertz CT molecular complexity index is 609. The Morgan fingerprint density at radius 2 is 1.85 bits per heavy atom. The predicted octanol–water partition coefficient (Wildman–Crippen LogP) is 3.64. The lowest BCUT2D eigenvalue weighted by atomic mass is 10.0. The summed E-state index contributed by atoms with van der Waals surface area (Å²) >= 11 is 1.20. The number of alkyl carbamates (subject to hydrolysis) is 1. The van der Waals surface area contributed by atoms with Crippen LogP contribution in [0.3, 0.4) is 0 Å². The molecule has 0 radical (unpaired) electrons. The molecule has 2 amide bonds. The van der Waals surface area contributed by atoms with Crippen molar-refractivity contribution in [1.82, 2.24) is 20.4 Å². The fourth-order valence-electron chi connectivity index (χ4n) is 2.35. The zero-order valence-electron chi connectivity index (χ0n) is 17.4. The molecule has 0 saturated carbocycles. The molecule has 0 bridgehead atoms. The van der Waals surface area contributed by atoms with Crippen LogP contribution >= 0.6 is 11.8 Å². The lowest BCUT2D eigenvalue weighted by molar-refractivity contribution is -0.127. The quantitative estimate of drug-likeness (QED) is 0.632. The minimum absolute atomic E-state index is 0.0235. The van der Waals surface area contributed by atoms with Gasteiger partial charge in [-0.05, 0) is 47.0 Å². The third-order valence-electron chi connectivity index (χ3n) is 3.55. The molecule has 1 aromatic rings. The second kappa shape index (κ2) is 10.5. The Morgan fingerprint density at radius 3 is 2.37 bits per heavy atom. The largest absolute Gasteiger partial charge is 0.444 e. The van der Waals surface area contributed by atoms with Gasteiger partial charge in [0.25, 0.3) is 5.22 Å². The number of carbonyl (C=O) groups is 2. The van der Waals surface area contributed by atoms with E-state index >= 15 is 0 Å². The molecule has 1 rings (SSSR count). The standard InChI is InChI=1S/C18H32N4O4S/c1-8-22(9-2)14(23)11-27-17-21-20-15(25-17)13(10-12(3)4)19-16(24)26-18(5,6)7/h12-13H,8-11H2,1-7H3,(H,19,24). The van der Waals surface area contributed by atoms with E-state index in [0.717, 1.165) is 0 Å². The molecule has 154 valence electrons. The number of hydrogen-bond acceptors (Lipinski definition) is 7. The molecule has 8 nitrogen and oxygen atoms in total. The number of hydrogen-bond donors (Lipinski definition) is 1. The highest BCUT2D eigenvalue weighted by Crippen LogP contribution is 2.24. The molecule has 9 heteroatoms. The smallest absolute Gasteiger partial charge is 0.408 e. The molecule has 0 aliphatic heterocycles. The fourth-order valence-corrected chi connectivity index (χ4v) is 3.03. The van der Waals surface area contributed by atoms with Crippen LogP contribution in [0.2, 0.25) is 0 Å². The molecule has 0 aliphatic rings. The topological polar surface area (TPSA) is 97.6 Å². The molecule has 1 aromatic heterocycles. The first kappa shape index (κ1) is 23.3. The third-order valence-corrected chi connectivity index (χ3v) is 4.36. The summed E-state index contributed by atoms with van der Waals surface area (Å²) in [6.45, 7) is 14.7. The van der Waals surface area contributed by atoms with Crippen LogP contribution in [-0.2, 0) is 9.53 Å². The van der Waals surface area contributed by atoms with Crippen molar-refractivity contribution >= 4 is 23.8 Å². The first-order valence-electron chi connectivity index (χ1n) is 9.29. The molecule has 27 heavy (non-hydrogen) atoms. The highest BCUT2D eigenvalue weighted by atomic mass is 32.2. The first-order chi connectivity index (χ1) is 12.6. The zero-order valence-corrected chi connectivity index (χ0v) is 18.2. The van der Waals surface area contributed by atoms with Gasteiger partial charge in [-0.3, -0.25) is 4.79 Å². The number of ether oxygens (including phenoxy) is 1. The summed E-state index contributed by atoms with van der Waals surface area (Å²) in [6.07, 6.45) is 0.0986. The monoisotopic (exact) mass is 400 g/mol. The van der Waals surface area contributed by atoms with Gasteiger partial charge in [-0.1, -0.05) is 25.6 Å². The van der Waals surface area contributed by atoms with Crippen LogP contribution in [0, 0.1) is 5.92 Å². The SMILES string of the molecule is CCN(CC)C(=O)CSc1nnc(C(CC(C)C)NC(=O)OC(C)(C)C)o1. The molecule has 1 heterocycles. The van der Waals surface area contributed by atoms with Crippen molar-refractivity contribution < 1.29 is 18.7 Å². The Balaban J connectivity index is 2.75. The molecule has 1 N–H and O–H groups in total. The predicted molar refractivity (Wildman–Crippen MR) is 105 cm³/mol. The van der Waals surface area contributed by atoms with Gasteiger partial charge in [0, 0.05) is 13.1 Å². The van der Waals surface area contributed by atoms with Crippen LogP contribution in [-0.4, -0.2) is 51.5 Å². The highest BCUT2D eigenvalue weighted by molar-refractivity contribution is 7.99. The van der Waals surface area contributed by atoms with E-state index in [1.807, 2.05) is 27.7 Å². The van der Waals surface area contributed by atoms with Crippen LogP contribution < -0.4 is 5.32 Å². The summed E-state index contributed by atoms with van der Waals surface area (Å²) in [7, 11) is 0. The average Bonchev–Trinajstić information content (AvgIpc) is 3.00. The van der Waals surface area contributed by atoms with Gasteiger partial charge in [-0.15, -0.1) is 10.2 Å². The van der Waals surface area contributed by atoms with E-state index in [-0.39, 0.29) is 11.7 Å². The second-order valence-electron chi connectivity index (χ2n) is 7.59. The number of thioether (sulfide) groups is 1. The van der Waals surface area contributed by atoms with E-state index in [0.29, 0.717) is 36.5 Å². The lowest BCUT2D eigenvalue weighted by Gasteiger charge is -2.23. The highest BCUT2D eigenvalue weighted by Gasteiger charge is 2.25. The summed E-state index contributed by atoms with van der Waals surface area (Å²) in [6, 6.07) is -0.444. The van der Waals surface area contributed by atoms with Crippen LogP contribution in [0.4, 0.5) is 4.79 Å². The van der Waals surface area contributed by atoms with Gasteiger partial charge in [0.1, 0.15) is 11.6 Å². The number of amides is 2. The van der Waals surface area contributed by atoms with Crippen LogP contribution in [0.1, 0.15) is 66.8 Å². The molecule has 0 saturated heterocycles. The normalized spacial score (nSPS) is 12.7. The Morgan fingerprint density at radius 1 is 1.22 bits per heavy atom. The van der Waals surface area contributed by atoms with Gasteiger partial charge in [0.15, 0.2) is 0 Å². The number of nitrogens with one attached hydrogen (secondary N) is 1. The second-order valence-corrected chi connectivity index (χ2v) is 8.52. The van der Waals surface area contributed by atoms with Crippen LogP contribution in [0.5, 0.6) is 0 Å². The van der Waals surface area contributed by atoms with Crippen molar-refractivity contribution in [2.45, 2.75) is 71.8 Å². The van der Waals surface area contributed by atoms with E-state index in [1.54, 1.807) is 25.7 Å². The van der Waals surface area contributed by atoms with Gasteiger partial charge in [0.2, 0.25) is 11.8 Å². The molecule has 1 unspecified atom stereocenters. The minimum atomic E-state index is -0.590. The molecule has 0 aliphatic carbocycles. The van der Waals surface area contributed by atoms with E-state index in [9.17, 15) is 9.59 Å². The van der Waals surface area contributed by atoms with Crippen molar-refractivity contribution in [2.24, 2.45) is 5.92 Å². The Labute approximate surface area is 165 Å². The molecule has 0 spiro atoms. The lowest BCUT2D eigenvalue weighted by Crippen LogP contribution is -2.35. The number of nitrogens with zero attached hydrogens (tertiary/aromatic N) is 3. The van der Waals surface area contributed by atoms with Crippen molar-refractivity contribution in [3.05, 3.63) is 5.89 Å². The summed E-state index contributed by atoms with van der Waals surface area (Å²) in [5.41, 5.74) is -0.590. The van der Waals surface area contributed by atoms with Crippen molar-refractivity contribution in [3.63, 3.8) is 0 Å². The molecular weight excluding hydrogens is 368 g/mol. The van der Waals surface area contributed by atoms with E-state index in [2.05, 4.69) is 15.5 Å². The summed E-state index contributed by atoms with van der Waals surface area (Å²) < 4.78 is 11.0. The molecule has 0 aromatic carbocycles. The first-order valence-corrected chi connectivity index (χ1v) is 10.3. The maximum atomic E-state index is 12.1. The zero-order chi connectivity index (χ0) is 20.6. The Kier molecular flexibility index (Phi) is 9.08. The van der Waals surface area contributed by atoms with Gasteiger partial charge >= 0.3 is 6.09 Å². The summed E-state index contributed by atoms with van der Waals surface area (Å²) in [5, 5.41) is 11.1. The number of carbonyl (C=O) groups excluding carboxylic acids is 2. The number of aromatic nitrogens is 2. The van der Waals surface area contributed by atoms with E-state index in [4.69, 9.17) is 9.15 Å². The molecule has 1 atom stereocenters. The van der Waals surface area contributed by atoms with Crippen LogP contribution in [0.25, 0.3) is 0 Å². The third kappa shape index (κ3) is 8.64. The van der Waals surface area contributed by atoms with E-state index < -0.39 is 17.7 Å². The summed E-state index contributed by atoms with van der Waals surface area (Å²) in [5.74, 6) is 0.873.